The minimum Gasteiger partial charge on any atom is -0.319 e. The van der Waals surface area contributed by atoms with Crippen molar-refractivity contribution in [1.29, 1.82) is 0 Å². The third kappa shape index (κ3) is 5.09. The lowest BCUT2D eigenvalue weighted by Gasteiger charge is -2.16. The Hall–Kier alpha value is -0.640. The third-order valence-corrected chi connectivity index (χ3v) is 4.77. The van der Waals surface area contributed by atoms with Crippen molar-refractivity contribution in [3.8, 4) is 0 Å². The van der Waals surface area contributed by atoms with Crippen LogP contribution in [0.4, 0.5) is 0 Å². The van der Waals surface area contributed by atoms with Crippen molar-refractivity contribution in [2.75, 3.05) is 13.6 Å². The summed E-state index contributed by atoms with van der Waals surface area (Å²) in [5.41, 5.74) is 1.43. The molecule has 19 heavy (non-hydrogen) atoms. The molecule has 1 aromatic heterocycles. The second-order valence-electron chi connectivity index (χ2n) is 4.87. The highest BCUT2D eigenvalue weighted by molar-refractivity contribution is 9.10. The quantitative estimate of drug-likeness (QED) is 0.783. The monoisotopic (exact) mass is 337 g/mol. The second kappa shape index (κ2) is 7.83. The first kappa shape index (κ1) is 14.8. The van der Waals surface area contributed by atoms with Crippen LogP contribution < -0.4 is 5.32 Å². The van der Waals surface area contributed by atoms with Crippen LogP contribution in [0, 0.1) is 5.92 Å². The maximum absolute atomic E-state index is 3.49. The van der Waals surface area contributed by atoms with Crippen LogP contribution in [0.3, 0.4) is 0 Å². The van der Waals surface area contributed by atoms with Crippen LogP contribution in [-0.4, -0.2) is 13.6 Å². The lowest BCUT2D eigenvalue weighted by atomic mass is 9.94. The van der Waals surface area contributed by atoms with E-state index < -0.39 is 0 Å². The zero-order valence-electron chi connectivity index (χ0n) is 11.2. The standard InChI is InChI=1S/C16H20BrNS/c1-18-12-14(6-9-16-3-2-10-19-16)11-13-4-7-15(17)8-5-13/h2-5,7-8,10,14,18H,6,9,11-12H2,1H3. The normalized spacial score (nSPS) is 12.5. The Kier molecular flexibility index (Phi) is 6.08. The van der Waals surface area contributed by atoms with Gasteiger partial charge in [0.2, 0.25) is 0 Å². The van der Waals surface area contributed by atoms with E-state index in [1.165, 1.54) is 23.3 Å². The first-order valence-electron chi connectivity index (χ1n) is 6.69. The molecule has 1 atom stereocenters. The van der Waals surface area contributed by atoms with Gasteiger partial charge in [-0.1, -0.05) is 34.1 Å². The van der Waals surface area contributed by atoms with Gasteiger partial charge in [-0.25, -0.2) is 0 Å². The third-order valence-electron chi connectivity index (χ3n) is 3.31. The van der Waals surface area contributed by atoms with E-state index >= 15 is 0 Å². The molecule has 0 aliphatic carbocycles. The van der Waals surface area contributed by atoms with Gasteiger partial charge < -0.3 is 5.32 Å². The fraction of sp³-hybridized carbons (Fsp3) is 0.375. The van der Waals surface area contributed by atoms with E-state index in [0.29, 0.717) is 5.92 Å². The largest absolute Gasteiger partial charge is 0.319 e. The molecule has 1 N–H and O–H groups in total. The van der Waals surface area contributed by atoms with E-state index in [0.717, 1.165) is 17.4 Å². The Balaban J connectivity index is 1.89. The molecule has 0 aliphatic heterocycles. The van der Waals surface area contributed by atoms with Crippen LogP contribution >= 0.6 is 27.3 Å². The summed E-state index contributed by atoms with van der Waals surface area (Å²) in [5, 5.41) is 5.49. The Bertz CT molecular complexity index is 464. The van der Waals surface area contributed by atoms with Gasteiger partial charge in [-0.15, -0.1) is 11.3 Å². The number of aryl methyl sites for hydroxylation is 1. The average molecular weight is 338 g/mol. The van der Waals surface area contributed by atoms with Crippen LogP contribution in [0.15, 0.2) is 46.3 Å². The highest BCUT2D eigenvalue weighted by Crippen LogP contribution is 2.19. The Morgan fingerprint density at radius 1 is 1.21 bits per heavy atom. The van der Waals surface area contributed by atoms with Gasteiger partial charge in [0.05, 0.1) is 0 Å². The number of hydrogen-bond donors (Lipinski definition) is 1. The molecule has 0 saturated heterocycles. The molecule has 1 unspecified atom stereocenters. The fourth-order valence-electron chi connectivity index (χ4n) is 2.32. The van der Waals surface area contributed by atoms with Gasteiger partial charge in [0.15, 0.2) is 0 Å². The van der Waals surface area contributed by atoms with E-state index in [2.05, 4.69) is 63.0 Å². The van der Waals surface area contributed by atoms with Crippen LogP contribution in [0.1, 0.15) is 16.9 Å². The summed E-state index contributed by atoms with van der Waals surface area (Å²) < 4.78 is 1.15. The number of nitrogens with one attached hydrogen (secondary N) is 1. The van der Waals surface area contributed by atoms with Crippen molar-refractivity contribution in [3.05, 3.63) is 56.7 Å². The zero-order chi connectivity index (χ0) is 13.5. The van der Waals surface area contributed by atoms with Gasteiger partial charge >= 0.3 is 0 Å². The minimum atomic E-state index is 0.702. The Morgan fingerprint density at radius 2 is 2.00 bits per heavy atom. The summed E-state index contributed by atoms with van der Waals surface area (Å²) >= 11 is 5.35. The lowest BCUT2D eigenvalue weighted by Crippen LogP contribution is -2.21. The van der Waals surface area contributed by atoms with Gasteiger partial charge in [-0.05, 0) is 67.9 Å². The highest BCUT2D eigenvalue weighted by Gasteiger charge is 2.09. The maximum Gasteiger partial charge on any atom is 0.0175 e. The molecule has 3 heteroatoms. The number of rotatable bonds is 7. The molecule has 0 radical (unpaired) electrons. The number of hydrogen-bond acceptors (Lipinski definition) is 2. The molecule has 2 aromatic rings. The van der Waals surface area contributed by atoms with Crippen molar-refractivity contribution in [2.24, 2.45) is 5.92 Å². The molecule has 0 bridgehead atoms. The molecular weight excluding hydrogens is 318 g/mol. The number of benzene rings is 1. The molecule has 1 nitrogen and oxygen atoms in total. The smallest absolute Gasteiger partial charge is 0.0175 e. The second-order valence-corrected chi connectivity index (χ2v) is 6.82. The SMILES string of the molecule is CNCC(CCc1cccs1)Cc1ccc(Br)cc1. The van der Waals surface area contributed by atoms with Gasteiger partial charge in [-0.2, -0.15) is 0 Å². The number of thiophene rings is 1. The highest BCUT2D eigenvalue weighted by atomic mass is 79.9. The van der Waals surface area contributed by atoms with Gasteiger partial charge in [-0.3, -0.25) is 0 Å². The predicted molar refractivity (Wildman–Crippen MR) is 87.9 cm³/mol. The van der Waals surface area contributed by atoms with Gasteiger partial charge in [0.1, 0.15) is 0 Å². The van der Waals surface area contributed by atoms with E-state index in [1.807, 2.05) is 18.4 Å². The van der Waals surface area contributed by atoms with Crippen LogP contribution in [-0.2, 0) is 12.8 Å². The van der Waals surface area contributed by atoms with Crippen LogP contribution in [0.5, 0.6) is 0 Å². The average Bonchev–Trinajstić information content (AvgIpc) is 2.92. The maximum atomic E-state index is 3.49. The summed E-state index contributed by atoms with van der Waals surface area (Å²) in [4.78, 5) is 1.50. The predicted octanol–water partition coefficient (Wildman–Crippen LogP) is 4.52. The first-order chi connectivity index (χ1) is 9.28. The van der Waals surface area contributed by atoms with Crippen molar-refractivity contribution in [1.82, 2.24) is 5.32 Å². The van der Waals surface area contributed by atoms with E-state index in [1.54, 1.807) is 0 Å². The molecule has 0 fully saturated rings. The van der Waals surface area contributed by atoms with Crippen molar-refractivity contribution in [2.45, 2.75) is 19.3 Å². The first-order valence-corrected chi connectivity index (χ1v) is 8.36. The van der Waals surface area contributed by atoms with Crippen LogP contribution in [0.2, 0.25) is 0 Å². The van der Waals surface area contributed by atoms with Crippen LogP contribution in [0.25, 0.3) is 0 Å². The van der Waals surface area contributed by atoms with E-state index in [-0.39, 0.29) is 0 Å². The molecule has 102 valence electrons. The summed E-state index contributed by atoms with van der Waals surface area (Å²) in [5.74, 6) is 0.702. The molecule has 0 aliphatic rings. The summed E-state index contributed by atoms with van der Waals surface area (Å²) in [6, 6.07) is 13.1. The lowest BCUT2D eigenvalue weighted by molar-refractivity contribution is 0.462. The Morgan fingerprint density at radius 3 is 2.63 bits per heavy atom. The van der Waals surface area contributed by atoms with Gasteiger partial charge in [0.25, 0.3) is 0 Å². The van der Waals surface area contributed by atoms with E-state index in [9.17, 15) is 0 Å². The van der Waals surface area contributed by atoms with Crippen molar-refractivity contribution < 1.29 is 0 Å². The zero-order valence-corrected chi connectivity index (χ0v) is 13.6. The summed E-state index contributed by atoms with van der Waals surface area (Å²) in [6.45, 7) is 1.08. The fourth-order valence-corrected chi connectivity index (χ4v) is 3.31. The van der Waals surface area contributed by atoms with Gasteiger partial charge in [0, 0.05) is 9.35 Å². The van der Waals surface area contributed by atoms with Crippen molar-refractivity contribution in [3.63, 3.8) is 0 Å². The molecule has 1 aromatic carbocycles. The van der Waals surface area contributed by atoms with Crippen molar-refractivity contribution >= 4 is 27.3 Å². The molecular formula is C16H20BrNS. The molecule has 2 rings (SSSR count). The molecule has 0 amide bonds. The summed E-state index contributed by atoms with van der Waals surface area (Å²) in [6.07, 6.45) is 3.59. The minimum absolute atomic E-state index is 0.702. The number of halogens is 1. The molecule has 0 saturated carbocycles. The molecule has 1 heterocycles. The Labute approximate surface area is 128 Å². The van der Waals surface area contributed by atoms with E-state index in [4.69, 9.17) is 0 Å². The summed E-state index contributed by atoms with van der Waals surface area (Å²) in [7, 11) is 2.04. The topological polar surface area (TPSA) is 12.0 Å². The molecule has 0 spiro atoms.